The number of rotatable bonds is 1. The molecule has 10 heavy (non-hydrogen) atoms. The van der Waals surface area contributed by atoms with Gasteiger partial charge < -0.3 is 10.2 Å². The molecule has 0 aliphatic heterocycles. The van der Waals surface area contributed by atoms with Crippen molar-refractivity contribution >= 4 is 0 Å². The highest BCUT2D eigenvalue weighted by Gasteiger charge is 1.91. The van der Waals surface area contributed by atoms with Crippen LogP contribution in [-0.2, 0) is 6.54 Å². The first-order valence-corrected chi connectivity index (χ1v) is 3.58. The van der Waals surface area contributed by atoms with Gasteiger partial charge in [0.2, 0.25) is 0 Å². The van der Waals surface area contributed by atoms with Crippen molar-refractivity contribution in [1.82, 2.24) is 0 Å². The molecular formula is C8H15NO. The van der Waals surface area contributed by atoms with E-state index in [0.29, 0.717) is 6.54 Å². The van der Waals surface area contributed by atoms with Crippen molar-refractivity contribution < 1.29 is 4.42 Å². The summed E-state index contributed by atoms with van der Waals surface area (Å²) in [7, 11) is 0. The van der Waals surface area contributed by atoms with E-state index in [1.54, 1.807) is 0 Å². The summed E-state index contributed by atoms with van der Waals surface area (Å²) in [6, 6.07) is 3.79. The van der Waals surface area contributed by atoms with Crippen LogP contribution in [0, 0.1) is 6.92 Å². The first-order valence-electron chi connectivity index (χ1n) is 3.58. The standard InChI is InChI=1S/C6H9NO.C2H6/c1-5-2-3-6(4-7)8-5;1-2/h2-3H,4,7H2,1H3;1-2H3. The van der Waals surface area contributed by atoms with Gasteiger partial charge in [0, 0.05) is 0 Å². The Labute approximate surface area is 62.0 Å². The van der Waals surface area contributed by atoms with Crippen LogP contribution in [0.25, 0.3) is 0 Å². The second kappa shape index (κ2) is 5.06. The van der Waals surface area contributed by atoms with Gasteiger partial charge in [-0.1, -0.05) is 13.8 Å². The lowest BCUT2D eigenvalue weighted by molar-refractivity contribution is 0.485. The third-order valence-electron chi connectivity index (χ3n) is 0.997. The molecule has 1 aromatic heterocycles. The number of hydrogen-bond acceptors (Lipinski definition) is 2. The van der Waals surface area contributed by atoms with Crippen LogP contribution in [0.1, 0.15) is 25.4 Å². The van der Waals surface area contributed by atoms with Gasteiger partial charge in [-0.05, 0) is 19.1 Å². The highest BCUT2D eigenvalue weighted by molar-refractivity contribution is 5.04. The molecule has 2 heteroatoms. The fraction of sp³-hybridized carbons (Fsp3) is 0.500. The van der Waals surface area contributed by atoms with E-state index < -0.39 is 0 Å². The molecule has 0 aliphatic carbocycles. The lowest BCUT2D eigenvalue weighted by Crippen LogP contribution is -1.92. The summed E-state index contributed by atoms with van der Waals surface area (Å²) in [6.45, 7) is 6.40. The molecule has 1 heterocycles. The van der Waals surface area contributed by atoms with E-state index in [9.17, 15) is 0 Å². The monoisotopic (exact) mass is 141 g/mol. The maximum absolute atomic E-state index is 5.27. The first kappa shape index (κ1) is 9.24. The van der Waals surface area contributed by atoms with Gasteiger partial charge in [0.15, 0.2) is 0 Å². The molecule has 0 aromatic carbocycles. The predicted octanol–water partition coefficient (Wildman–Crippen LogP) is 2.07. The average Bonchev–Trinajstić information content (AvgIpc) is 2.40. The molecule has 0 bridgehead atoms. The van der Waals surface area contributed by atoms with Crippen molar-refractivity contribution in [3.63, 3.8) is 0 Å². The molecule has 0 fully saturated rings. The Kier molecular flexibility index (Phi) is 4.67. The normalized spacial score (nSPS) is 8.40. The zero-order valence-electron chi connectivity index (χ0n) is 6.85. The van der Waals surface area contributed by atoms with E-state index >= 15 is 0 Å². The Hall–Kier alpha value is -0.760. The SMILES string of the molecule is CC.Cc1ccc(CN)o1. The minimum absolute atomic E-state index is 0.494. The Bertz CT molecular complexity index is 170. The molecule has 2 N–H and O–H groups in total. The molecule has 0 radical (unpaired) electrons. The zero-order valence-corrected chi connectivity index (χ0v) is 6.85. The van der Waals surface area contributed by atoms with Gasteiger partial charge in [-0.3, -0.25) is 0 Å². The molecule has 1 aromatic rings. The Balaban J connectivity index is 0.000000371. The van der Waals surface area contributed by atoms with Crippen molar-refractivity contribution in [1.29, 1.82) is 0 Å². The molecule has 0 amide bonds. The highest BCUT2D eigenvalue weighted by Crippen LogP contribution is 2.03. The van der Waals surface area contributed by atoms with Crippen LogP contribution in [0.3, 0.4) is 0 Å². The fourth-order valence-electron chi connectivity index (χ4n) is 0.595. The lowest BCUT2D eigenvalue weighted by Gasteiger charge is -1.83. The number of hydrogen-bond donors (Lipinski definition) is 1. The Morgan fingerprint density at radius 2 is 2.00 bits per heavy atom. The maximum atomic E-state index is 5.27. The second-order valence-corrected chi connectivity index (χ2v) is 1.72. The number of nitrogens with two attached hydrogens (primary N) is 1. The van der Waals surface area contributed by atoms with Crippen molar-refractivity contribution in [2.24, 2.45) is 5.73 Å². The van der Waals surface area contributed by atoms with E-state index in [0.717, 1.165) is 11.5 Å². The zero-order chi connectivity index (χ0) is 7.98. The Morgan fingerprint density at radius 1 is 1.40 bits per heavy atom. The molecule has 0 saturated heterocycles. The van der Waals surface area contributed by atoms with E-state index in [4.69, 9.17) is 10.2 Å². The maximum Gasteiger partial charge on any atom is 0.117 e. The molecule has 0 aliphatic rings. The van der Waals surface area contributed by atoms with Gasteiger partial charge >= 0.3 is 0 Å². The van der Waals surface area contributed by atoms with E-state index in [2.05, 4.69) is 0 Å². The quantitative estimate of drug-likeness (QED) is 0.650. The Morgan fingerprint density at radius 3 is 2.20 bits per heavy atom. The summed E-state index contributed by atoms with van der Waals surface area (Å²) < 4.78 is 5.11. The van der Waals surface area contributed by atoms with Crippen molar-refractivity contribution in [3.05, 3.63) is 23.7 Å². The molecule has 2 nitrogen and oxygen atoms in total. The molecule has 1 rings (SSSR count). The summed E-state index contributed by atoms with van der Waals surface area (Å²) >= 11 is 0. The van der Waals surface area contributed by atoms with Crippen LogP contribution in [-0.4, -0.2) is 0 Å². The van der Waals surface area contributed by atoms with Crippen molar-refractivity contribution in [2.75, 3.05) is 0 Å². The third-order valence-corrected chi connectivity index (χ3v) is 0.997. The predicted molar refractivity (Wildman–Crippen MR) is 42.7 cm³/mol. The fourth-order valence-corrected chi connectivity index (χ4v) is 0.595. The van der Waals surface area contributed by atoms with Crippen molar-refractivity contribution in [3.8, 4) is 0 Å². The smallest absolute Gasteiger partial charge is 0.117 e. The summed E-state index contributed by atoms with van der Waals surface area (Å²) in [6.07, 6.45) is 0. The lowest BCUT2D eigenvalue weighted by atomic mass is 10.4. The number of aryl methyl sites for hydroxylation is 1. The molecule has 0 unspecified atom stereocenters. The summed E-state index contributed by atoms with van der Waals surface area (Å²) in [5.41, 5.74) is 5.27. The molecular weight excluding hydrogens is 126 g/mol. The second-order valence-electron chi connectivity index (χ2n) is 1.72. The largest absolute Gasteiger partial charge is 0.465 e. The molecule has 58 valence electrons. The minimum Gasteiger partial charge on any atom is -0.465 e. The van der Waals surface area contributed by atoms with Gasteiger partial charge in [-0.15, -0.1) is 0 Å². The van der Waals surface area contributed by atoms with Crippen LogP contribution in [0.2, 0.25) is 0 Å². The van der Waals surface area contributed by atoms with Gasteiger partial charge in [-0.2, -0.15) is 0 Å². The van der Waals surface area contributed by atoms with Crippen LogP contribution in [0.15, 0.2) is 16.5 Å². The van der Waals surface area contributed by atoms with Crippen LogP contribution in [0.4, 0.5) is 0 Å². The van der Waals surface area contributed by atoms with Gasteiger partial charge in [0.25, 0.3) is 0 Å². The molecule has 0 saturated carbocycles. The van der Waals surface area contributed by atoms with Gasteiger partial charge in [0.1, 0.15) is 11.5 Å². The summed E-state index contributed by atoms with van der Waals surface area (Å²) in [5.74, 6) is 1.77. The first-order chi connectivity index (χ1) is 4.83. The third kappa shape index (κ3) is 2.69. The van der Waals surface area contributed by atoms with E-state index in [-0.39, 0.29) is 0 Å². The van der Waals surface area contributed by atoms with Crippen LogP contribution < -0.4 is 5.73 Å². The summed E-state index contributed by atoms with van der Waals surface area (Å²) in [5, 5.41) is 0. The number of furan rings is 1. The van der Waals surface area contributed by atoms with Gasteiger partial charge in [-0.25, -0.2) is 0 Å². The minimum atomic E-state index is 0.494. The van der Waals surface area contributed by atoms with Crippen molar-refractivity contribution in [2.45, 2.75) is 27.3 Å². The molecule has 0 spiro atoms. The van der Waals surface area contributed by atoms with Crippen LogP contribution >= 0.6 is 0 Å². The highest BCUT2D eigenvalue weighted by atomic mass is 16.3. The molecule has 0 atom stereocenters. The topological polar surface area (TPSA) is 39.2 Å². The van der Waals surface area contributed by atoms with E-state index in [1.807, 2.05) is 32.9 Å². The summed E-state index contributed by atoms with van der Waals surface area (Å²) in [4.78, 5) is 0. The van der Waals surface area contributed by atoms with Crippen LogP contribution in [0.5, 0.6) is 0 Å². The van der Waals surface area contributed by atoms with E-state index in [1.165, 1.54) is 0 Å². The van der Waals surface area contributed by atoms with Gasteiger partial charge in [0.05, 0.1) is 6.54 Å². The average molecular weight is 141 g/mol.